The molecule has 0 aliphatic carbocycles. The van der Waals surface area contributed by atoms with Crippen molar-refractivity contribution < 1.29 is 14.1 Å². The molecule has 0 atom stereocenters. The monoisotopic (exact) mass is 196 g/mol. The summed E-state index contributed by atoms with van der Waals surface area (Å²) in [5.74, 6) is 0.835. The molecule has 1 aliphatic heterocycles. The first kappa shape index (κ1) is 9.33. The molecular formula is C9H12N2O3. The standard InChI is InChI=1S/C9H12N2O3/c1-6(12)9-10-8(11-14-9)7-2-4-13-5-3-7/h7H,2-5H2,1H3. The van der Waals surface area contributed by atoms with Crippen LogP contribution in [0.1, 0.15) is 42.2 Å². The van der Waals surface area contributed by atoms with Gasteiger partial charge in [0.25, 0.3) is 5.89 Å². The number of carbonyl (C=O) groups is 1. The molecule has 1 saturated heterocycles. The molecule has 0 N–H and O–H groups in total. The second-order valence-corrected chi connectivity index (χ2v) is 3.40. The Balaban J connectivity index is 2.11. The normalized spacial score (nSPS) is 18.4. The van der Waals surface area contributed by atoms with Crippen LogP contribution in [0.4, 0.5) is 0 Å². The molecule has 5 heteroatoms. The first-order valence-corrected chi connectivity index (χ1v) is 4.69. The van der Waals surface area contributed by atoms with E-state index in [4.69, 9.17) is 9.26 Å². The summed E-state index contributed by atoms with van der Waals surface area (Å²) >= 11 is 0. The van der Waals surface area contributed by atoms with Gasteiger partial charge < -0.3 is 9.26 Å². The zero-order valence-corrected chi connectivity index (χ0v) is 8.02. The summed E-state index contributed by atoms with van der Waals surface area (Å²) in [6.45, 7) is 2.88. The summed E-state index contributed by atoms with van der Waals surface area (Å²) in [5.41, 5.74) is 0. The number of ketones is 1. The number of carbonyl (C=O) groups excluding carboxylic acids is 1. The summed E-state index contributed by atoms with van der Waals surface area (Å²) in [5, 5.41) is 3.80. The molecule has 0 unspecified atom stereocenters. The summed E-state index contributed by atoms with van der Waals surface area (Å²) in [6.07, 6.45) is 1.80. The van der Waals surface area contributed by atoms with Gasteiger partial charge in [0.05, 0.1) is 0 Å². The van der Waals surface area contributed by atoms with E-state index < -0.39 is 0 Å². The lowest BCUT2D eigenvalue weighted by Crippen LogP contribution is -2.15. The van der Waals surface area contributed by atoms with Crippen molar-refractivity contribution in [2.45, 2.75) is 25.7 Å². The Kier molecular flexibility index (Phi) is 2.58. The number of aromatic nitrogens is 2. The van der Waals surface area contributed by atoms with Crippen LogP contribution < -0.4 is 0 Å². The highest BCUT2D eigenvalue weighted by molar-refractivity contribution is 5.89. The van der Waals surface area contributed by atoms with Gasteiger partial charge in [-0.1, -0.05) is 5.16 Å². The van der Waals surface area contributed by atoms with Crippen LogP contribution in [-0.2, 0) is 4.74 Å². The van der Waals surface area contributed by atoms with Crippen LogP contribution in [-0.4, -0.2) is 29.1 Å². The average molecular weight is 196 g/mol. The lowest BCUT2D eigenvalue weighted by atomic mass is 10.00. The molecule has 14 heavy (non-hydrogen) atoms. The molecule has 0 radical (unpaired) electrons. The van der Waals surface area contributed by atoms with E-state index in [1.807, 2.05) is 0 Å². The van der Waals surface area contributed by atoms with E-state index >= 15 is 0 Å². The lowest BCUT2D eigenvalue weighted by Gasteiger charge is -2.18. The predicted octanol–water partition coefficient (Wildman–Crippen LogP) is 1.17. The minimum atomic E-state index is -0.184. The summed E-state index contributed by atoms with van der Waals surface area (Å²) in [7, 11) is 0. The average Bonchev–Trinajstić information content (AvgIpc) is 2.68. The smallest absolute Gasteiger partial charge is 0.293 e. The van der Waals surface area contributed by atoms with Crippen molar-refractivity contribution in [3.8, 4) is 0 Å². The van der Waals surface area contributed by atoms with Gasteiger partial charge in [-0.15, -0.1) is 0 Å². The Morgan fingerprint density at radius 1 is 1.43 bits per heavy atom. The van der Waals surface area contributed by atoms with Crippen LogP contribution in [0, 0.1) is 0 Å². The van der Waals surface area contributed by atoms with E-state index in [0.29, 0.717) is 5.82 Å². The van der Waals surface area contributed by atoms with E-state index in [1.165, 1.54) is 6.92 Å². The van der Waals surface area contributed by atoms with Crippen LogP contribution in [0.25, 0.3) is 0 Å². The van der Waals surface area contributed by atoms with Crippen LogP contribution in [0.15, 0.2) is 4.52 Å². The molecular weight excluding hydrogens is 184 g/mol. The van der Waals surface area contributed by atoms with Crippen molar-refractivity contribution in [3.63, 3.8) is 0 Å². The van der Waals surface area contributed by atoms with E-state index in [1.54, 1.807) is 0 Å². The molecule has 0 saturated carbocycles. The molecule has 0 aromatic carbocycles. The minimum Gasteiger partial charge on any atom is -0.381 e. The Bertz CT molecular complexity index is 329. The second-order valence-electron chi connectivity index (χ2n) is 3.40. The Hall–Kier alpha value is -1.23. The third kappa shape index (κ3) is 1.82. The Labute approximate surface area is 81.4 Å². The second kappa shape index (κ2) is 3.88. The van der Waals surface area contributed by atoms with Crippen molar-refractivity contribution >= 4 is 5.78 Å². The maximum Gasteiger partial charge on any atom is 0.293 e. The maximum atomic E-state index is 10.9. The molecule has 1 aromatic rings. The van der Waals surface area contributed by atoms with E-state index in [2.05, 4.69) is 10.1 Å². The van der Waals surface area contributed by atoms with Gasteiger partial charge in [-0.2, -0.15) is 4.98 Å². The number of nitrogens with zero attached hydrogens (tertiary/aromatic N) is 2. The van der Waals surface area contributed by atoms with Crippen LogP contribution in [0.5, 0.6) is 0 Å². The van der Waals surface area contributed by atoms with Crippen molar-refractivity contribution in [1.29, 1.82) is 0 Å². The highest BCUT2D eigenvalue weighted by Gasteiger charge is 2.22. The van der Waals surface area contributed by atoms with Gasteiger partial charge in [0.1, 0.15) is 0 Å². The Morgan fingerprint density at radius 2 is 2.14 bits per heavy atom. The minimum absolute atomic E-state index is 0.103. The fraction of sp³-hybridized carbons (Fsp3) is 0.667. The van der Waals surface area contributed by atoms with Gasteiger partial charge in [-0.05, 0) is 12.8 Å². The van der Waals surface area contributed by atoms with Crippen molar-refractivity contribution in [3.05, 3.63) is 11.7 Å². The molecule has 2 heterocycles. The van der Waals surface area contributed by atoms with Crippen molar-refractivity contribution in [2.75, 3.05) is 13.2 Å². The highest BCUT2D eigenvalue weighted by Crippen LogP contribution is 2.24. The third-order valence-corrected chi connectivity index (χ3v) is 2.33. The number of rotatable bonds is 2. The molecule has 76 valence electrons. The van der Waals surface area contributed by atoms with Crippen LogP contribution in [0.3, 0.4) is 0 Å². The predicted molar refractivity (Wildman–Crippen MR) is 47.1 cm³/mol. The van der Waals surface area contributed by atoms with Crippen LogP contribution in [0.2, 0.25) is 0 Å². The molecule has 1 aliphatic rings. The fourth-order valence-electron chi connectivity index (χ4n) is 1.50. The molecule has 1 aromatic heterocycles. The molecule has 0 spiro atoms. The van der Waals surface area contributed by atoms with Gasteiger partial charge in [0.15, 0.2) is 5.82 Å². The zero-order valence-electron chi connectivity index (χ0n) is 8.02. The number of hydrogen-bond acceptors (Lipinski definition) is 5. The quantitative estimate of drug-likeness (QED) is 0.664. The lowest BCUT2D eigenvalue weighted by molar-refractivity contribution is 0.0830. The highest BCUT2D eigenvalue weighted by atomic mass is 16.5. The van der Waals surface area contributed by atoms with Gasteiger partial charge in [-0.25, -0.2) is 0 Å². The third-order valence-electron chi connectivity index (χ3n) is 2.33. The van der Waals surface area contributed by atoms with E-state index in [-0.39, 0.29) is 17.6 Å². The molecule has 0 amide bonds. The molecule has 1 fully saturated rings. The van der Waals surface area contributed by atoms with Gasteiger partial charge in [0, 0.05) is 26.1 Å². The first-order chi connectivity index (χ1) is 6.77. The zero-order chi connectivity index (χ0) is 9.97. The molecule has 5 nitrogen and oxygen atoms in total. The van der Waals surface area contributed by atoms with Gasteiger partial charge in [-0.3, -0.25) is 4.79 Å². The fourth-order valence-corrected chi connectivity index (χ4v) is 1.50. The molecule has 0 bridgehead atoms. The van der Waals surface area contributed by atoms with E-state index in [0.717, 1.165) is 26.1 Å². The van der Waals surface area contributed by atoms with Gasteiger partial charge in [0.2, 0.25) is 5.78 Å². The molecule has 2 rings (SSSR count). The van der Waals surface area contributed by atoms with Crippen molar-refractivity contribution in [2.24, 2.45) is 0 Å². The van der Waals surface area contributed by atoms with E-state index in [9.17, 15) is 4.79 Å². The largest absolute Gasteiger partial charge is 0.381 e. The summed E-state index contributed by atoms with van der Waals surface area (Å²) in [4.78, 5) is 15.0. The SMILES string of the molecule is CC(=O)c1nc(C2CCOCC2)no1. The topological polar surface area (TPSA) is 65.2 Å². The summed E-state index contributed by atoms with van der Waals surface area (Å²) in [6, 6.07) is 0. The summed E-state index contributed by atoms with van der Waals surface area (Å²) < 4.78 is 10.1. The Morgan fingerprint density at radius 3 is 2.71 bits per heavy atom. The number of Topliss-reactive ketones (excluding diaryl/α,β-unsaturated/α-hetero) is 1. The number of ether oxygens (including phenoxy) is 1. The number of hydrogen-bond donors (Lipinski definition) is 0. The van der Waals surface area contributed by atoms with Crippen LogP contribution >= 0.6 is 0 Å². The van der Waals surface area contributed by atoms with Gasteiger partial charge >= 0.3 is 0 Å². The first-order valence-electron chi connectivity index (χ1n) is 4.69. The van der Waals surface area contributed by atoms with Crippen molar-refractivity contribution in [1.82, 2.24) is 10.1 Å². The maximum absolute atomic E-state index is 10.9.